The van der Waals surface area contributed by atoms with Crippen molar-refractivity contribution in [1.82, 2.24) is 4.98 Å². The number of benzene rings is 1. The third kappa shape index (κ3) is 2.60. The average Bonchev–Trinajstić information content (AvgIpc) is 2.81. The van der Waals surface area contributed by atoms with Crippen LogP contribution >= 0.6 is 11.3 Å². The van der Waals surface area contributed by atoms with Gasteiger partial charge in [-0.15, -0.1) is 11.3 Å². The standard InChI is InChI=1S/C12H8FNO3S/c13-7-1-2-8(9(15)5-7)10(16)6-11(17)12-14-3-4-18-12/h1-5,15H,6H2. The van der Waals surface area contributed by atoms with E-state index in [1.165, 1.54) is 6.20 Å². The number of Topliss-reactive ketones (excluding diaryl/α,β-unsaturated/α-hetero) is 2. The summed E-state index contributed by atoms with van der Waals surface area (Å²) >= 11 is 1.14. The number of carbonyl (C=O) groups is 2. The van der Waals surface area contributed by atoms with Crippen molar-refractivity contribution in [2.24, 2.45) is 0 Å². The van der Waals surface area contributed by atoms with Crippen molar-refractivity contribution >= 4 is 22.9 Å². The fourth-order valence-corrected chi connectivity index (χ4v) is 1.99. The maximum absolute atomic E-state index is 12.8. The summed E-state index contributed by atoms with van der Waals surface area (Å²) in [5.74, 6) is -2.09. The number of rotatable bonds is 4. The number of halogens is 1. The van der Waals surface area contributed by atoms with Crippen LogP contribution in [0.25, 0.3) is 0 Å². The zero-order valence-corrected chi connectivity index (χ0v) is 9.91. The van der Waals surface area contributed by atoms with Crippen LogP contribution in [0.3, 0.4) is 0 Å². The number of nitrogens with zero attached hydrogens (tertiary/aromatic N) is 1. The van der Waals surface area contributed by atoms with E-state index < -0.39 is 29.6 Å². The molecule has 18 heavy (non-hydrogen) atoms. The molecule has 0 spiro atoms. The maximum atomic E-state index is 12.8. The smallest absolute Gasteiger partial charge is 0.199 e. The van der Waals surface area contributed by atoms with E-state index in [9.17, 15) is 19.1 Å². The molecule has 0 amide bonds. The summed E-state index contributed by atoms with van der Waals surface area (Å²) in [6.07, 6.45) is 1.07. The number of phenols is 1. The molecular formula is C12H8FNO3S. The van der Waals surface area contributed by atoms with Gasteiger partial charge in [-0.05, 0) is 12.1 Å². The van der Waals surface area contributed by atoms with Crippen molar-refractivity contribution in [3.63, 3.8) is 0 Å². The number of aromatic hydroxyl groups is 1. The Morgan fingerprint density at radius 1 is 1.33 bits per heavy atom. The molecule has 0 bridgehead atoms. The molecule has 4 nitrogen and oxygen atoms in total. The van der Waals surface area contributed by atoms with Crippen molar-refractivity contribution in [3.05, 3.63) is 46.2 Å². The van der Waals surface area contributed by atoms with E-state index in [-0.39, 0.29) is 10.6 Å². The second-order valence-electron chi connectivity index (χ2n) is 3.52. The minimum atomic E-state index is -0.643. The lowest BCUT2D eigenvalue weighted by Crippen LogP contribution is -2.08. The lowest BCUT2D eigenvalue weighted by molar-refractivity contribution is 0.0893. The van der Waals surface area contributed by atoms with Crippen LogP contribution in [0.1, 0.15) is 26.6 Å². The van der Waals surface area contributed by atoms with Crippen LogP contribution in [0.5, 0.6) is 5.75 Å². The zero-order chi connectivity index (χ0) is 13.1. The molecule has 0 unspecified atom stereocenters. The Hall–Kier alpha value is -2.08. The number of hydrogen-bond donors (Lipinski definition) is 1. The first-order valence-electron chi connectivity index (χ1n) is 5.02. The van der Waals surface area contributed by atoms with E-state index in [0.29, 0.717) is 0 Å². The first kappa shape index (κ1) is 12.4. The normalized spacial score (nSPS) is 10.3. The van der Waals surface area contributed by atoms with Crippen LogP contribution in [-0.4, -0.2) is 21.7 Å². The highest BCUT2D eigenvalue weighted by Crippen LogP contribution is 2.20. The van der Waals surface area contributed by atoms with Gasteiger partial charge < -0.3 is 5.11 Å². The topological polar surface area (TPSA) is 67.3 Å². The molecule has 6 heteroatoms. The SMILES string of the molecule is O=C(CC(=O)c1ccc(F)cc1O)c1nccs1. The monoisotopic (exact) mass is 265 g/mol. The first-order chi connectivity index (χ1) is 8.58. The van der Waals surface area contributed by atoms with Gasteiger partial charge in [-0.25, -0.2) is 9.37 Å². The maximum Gasteiger partial charge on any atom is 0.199 e. The molecular weight excluding hydrogens is 257 g/mol. The lowest BCUT2D eigenvalue weighted by atomic mass is 10.1. The predicted molar refractivity (Wildman–Crippen MR) is 63.5 cm³/mol. The molecule has 1 N–H and O–H groups in total. The van der Waals surface area contributed by atoms with Gasteiger partial charge in [-0.2, -0.15) is 0 Å². The second kappa shape index (κ2) is 5.05. The molecule has 0 fully saturated rings. The van der Waals surface area contributed by atoms with Crippen molar-refractivity contribution in [2.75, 3.05) is 0 Å². The van der Waals surface area contributed by atoms with E-state index in [4.69, 9.17) is 0 Å². The molecule has 0 aliphatic rings. The minimum absolute atomic E-state index is 0.0682. The van der Waals surface area contributed by atoms with Crippen LogP contribution < -0.4 is 0 Å². The van der Waals surface area contributed by atoms with Crippen LogP contribution in [0.4, 0.5) is 4.39 Å². The summed E-state index contributed by atoms with van der Waals surface area (Å²) in [6, 6.07) is 3.05. The number of phenolic OH excluding ortho intramolecular Hbond substituents is 1. The molecule has 0 radical (unpaired) electrons. The largest absolute Gasteiger partial charge is 0.507 e. The minimum Gasteiger partial charge on any atom is -0.507 e. The fourth-order valence-electron chi connectivity index (χ4n) is 1.42. The summed E-state index contributed by atoms with van der Waals surface area (Å²) in [5, 5.41) is 11.3. The lowest BCUT2D eigenvalue weighted by Gasteiger charge is -2.02. The van der Waals surface area contributed by atoms with Crippen LogP contribution in [0.2, 0.25) is 0 Å². The molecule has 0 saturated carbocycles. The third-order valence-corrected chi connectivity index (χ3v) is 3.07. The van der Waals surface area contributed by atoms with Gasteiger partial charge in [0.15, 0.2) is 16.6 Å². The fraction of sp³-hybridized carbons (Fsp3) is 0.0833. The van der Waals surface area contributed by atoms with Crippen LogP contribution in [-0.2, 0) is 0 Å². The summed E-state index contributed by atoms with van der Waals surface area (Å²) in [6.45, 7) is 0. The Bertz CT molecular complexity index is 595. The van der Waals surface area contributed by atoms with Gasteiger partial charge in [-0.1, -0.05) is 0 Å². The molecule has 0 aliphatic carbocycles. The van der Waals surface area contributed by atoms with Crippen molar-refractivity contribution in [1.29, 1.82) is 0 Å². The first-order valence-corrected chi connectivity index (χ1v) is 5.90. The Morgan fingerprint density at radius 3 is 2.72 bits per heavy atom. The van der Waals surface area contributed by atoms with Gasteiger partial charge in [0.1, 0.15) is 11.6 Å². The van der Waals surface area contributed by atoms with Crippen molar-refractivity contribution < 1.29 is 19.1 Å². The van der Waals surface area contributed by atoms with Gasteiger partial charge in [0.2, 0.25) is 0 Å². The Morgan fingerprint density at radius 2 is 2.11 bits per heavy atom. The summed E-state index contributed by atoms with van der Waals surface area (Å²) < 4.78 is 12.8. The van der Waals surface area contributed by atoms with E-state index in [2.05, 4.69) is 4.98 Å². The van der Waals surface area contributed by atoms with Crippen molar-refractivity contribution in [3.8, 4) is 5.75 Å². The molecule has 92 valence electrons. The number of carbonyl (C=O) groups excluding carboxylic acids is 2. The number of hydrogen-bond acceptors (Lipinski definition) is 5. The molecule has 1 heterocycles. The van der Waals surface area contributed by atoms with E-state index in [1.807, 2.05) is 0 Å². The highest BCUT2D eigenvalue weighted by molar-refractivity contribution is 7.11. The summed E-state index contributed by atoms with van der Waals surface area (Å²) in [5.41, 5.74) is -0.0682. The quantitative estimate of drug-likeness (QED) is 0.681. The number of aromatic nitrogens is 1. The average molecular weight is 265 g/mol. The highest BCUT2D eigenvalue weighted by atomic mass is 32.1. The zero-order valence-electron chi connectivity index (χ0n) is 9.09. The molecule has 0 saturated heterocycles. The van der Waals surface area contributed by atoms with Crippen LogP contribution in [0.15, 0.2) is 29.8 Å². The molecule has 0 aliphatic heterocycles. The predicted octanol–water partition coefficient (Wildman–Crippen LogP) is 2.44. The summed E-state index contributed by atoms with van der Waals surface area (Å²) in [4.78, 5) is 27.2. The molecule has 0 atom stereocenters. The Balaban J connectivity index is 2.15. The van der Waals surface area contributed by atoms with Gasteiger partial charge in [0.05, 0.1) is 12.0 Å². The van der Waals surface area contributed by atoms with E-state index in [1.54, 1.807) is 5.38 Å². The number of thiazole rings is 1. The Kier molecular flexibility index (Phi) is 3.47. The Labute approximate surface area is 106 Å². The third-order valence-electron chi connectivity index (χ3n) is 2.25. The van der Waals surface area contributed by atoms with Gasteiger partial charge in [0.25, 0.3) is 0 Å². The van der Waals surface area contributed by atoms with Crippen LogP contribution in [0, 0.1) is 5.82 Å². The molecule has 2 aromatic rings. The molecule has 1 aromatic heterocycles. The second-order valence-corrected chi connectivity index (χ2v) is 4.42. The summed E-state index contributed by atoms with van der Waals surface area (Å²) in [7, 11) is 0. The highest BCUT2D eigenvalue weighted by Gasteiger charge is 2.18. The molecule has 2 rings (SSSR count). The van der Waals surface area contributed by atoms with E-state index in [0.717, 1.165) is 29.5 Å². The van der Waals surface area contributed by atoms with Gasteiger partial charge in [-0.3, -0.25) is 9.59 Å². The van der Waals surface area contributed by atoms with Gasteiger partial charge in [0, 0.05) is 17.6 Å². The number of ketones is 2. The van der Waals surface area contributed by atoms with Gasteiger partial charge >= 0.3 is 0 Å². The van der Waals surface area contributed by atoms with Crippen molar-refractivity contribution in [2.45, 2.75) is 6.42 Å². The molecule has 1 aromatic carbocycles. The van der Waals surface area contributed by atoms with E-state index >= 15 is 0 Å².